The van der Waals surface area contributed by atoms with Gasteiger partial charge in [0.05, 0.1) is 0 Å². The van der Waals surface area contributed by atoms with E-state index in [1.807, 2.05) is 41.0 Å². The predicted molar refractivity (Wildman–Crippen MR) is 191 cm³/mol. The summed E-state index contributed by atoms with van der Waals surface area (Å²) in [5.41, 5.74) is 10.6. The number of imidazole rings is 1. The Kier molecular flexibility index (Phi) is 13.2. The summed E-state index contributed by atoms with van der Waals surface area (Å²) in [5, 5.41) is 0. The number of nitrogens with two attached hydrogens (primary N) is 1. The van der Waals surface area contributed by atoms with Crippen LogP contribution < -0.4 is 5.73 Å². The molecule has 2 N–H and O–H groups in total. The monoisotopic (exact) mass is 749 g/mol. The molecule has 0 amide bonds. The van der Waals surface area contributed by atoms with Gasteiger partial charge in [-0.3, -0.25) is 0 Å². The first-order valence-corrected chi connectivity index (χ1v) is 25.1. The normalized spacial score (nSPS) is 19.2. The van der Waals surface area contributed by atoms with Crippen molar-refractivity contribution in [1.29, 1.82) is 0 Å². The van der Waals surface area contributed by atoms with Gasteiger partial charge in [-0.25, -0.2) is 0 Å². The summed E-state index contributed by atoms with van der Waals surface area (Å²) < 4.78 is 36.3. The third-order valence-electron chi connectivity index (χ3n) is 9.90. The minimum atomic E-state index is -3.46. The Balaban J connectivity index is 1.58. The number of halogens is 1. The van der Waals surface area contributed by atoms with Crippen LogP contribution in [0.25, 0.3) is 11.2 Å². The molecule has 9 heteroatoms. The molecular weight excluding hydrogens is 696 g/mol. The van der Waals surface area contributed by atoms with Crippen LogP contribution in [0, 0.1) is 11.8 Å². The summed E-state index contributed by atoms with van der Waals surface area (Å²) in [6.45, 7) is 8.59. The molecule has 0 aliphatic heterocycles. The van der Waals surface area contributed by atoms with Gasteiger partial charge < -0.3 is 0 Å². The quantitative estimate of drug-likeness (QED) is 0.0963. The van der Waals surface area contributed by atoms with Gasteiger partial charge >= 0.3 is 285 Å². The molecule has 47 heavy (non-hydrogen) atoms. The molecule has 2 aromatic carbocycles. The summed E-state index contributed by atoms with van der Waals surface area (Å²) in [5.74, 6) is 0.217. The molecule has 1 aliphatic carbocycles. The van der Waals surface area contributed by atoms with Gasteiger partial charge in [0.1, 0.15) is 0 Å². The maximum absolute atomic E-state index is 18.0. The summed E-state index contributed by atoms with van der Waals surface area (Å²) in [6.07, 6.45) is 9.78. The van der Waals surface area contributed by atoms with E-state index in [0.717, 1.165) is 68.5 Å². The van der Waals surface area contributed by atoms with Crippen LogP contribution in [-0.4, -0.2) is 51.1 Å². The number of anilines is 1. The third kappa shape index (κ3) is 8.43. The fourth-order valence-electron chi connectivity index (χ4n) is 7.25. The second kappa shape index (κ2) is 17.5. The molecule has 2 heterocycles. The summed E-state index contributed by atoms with van der Waals surface area (Å²) in [4.78, 5) is 13.4. The van der Waals surface area contributed by atoms with Crippen molar-refractivity contribution in [2.75, 3.05) is 18.9 Å². The Morgan fingerprint density at radius 2 is 1.34 bits per heavy atom. The molecule has 0 spiro atoms. The average molecular weight is 749 g/mol. The summed E-state index contributed by atoms with van der Waals surface area (Å²) in [7, 11) is 0. The first-order valence-electron chi connectivity index (χ1n) is 17.6. The first-order chi connectivity index (χ1) is 23.0. The number of unbranched alkanes of at least 4 members (excludes halogenated alkanes) is 3. The maximum atomic E-state index is 18.0. The van der Waals surface area contributed by atoms with Gasteiger partial charge in [0.15, 0.2) is 0 Å². The number of rotatable bonds is 19. The van der Waals surface area contributed by atoms with Gasteiger partial charge in [-0.15, -0.1) is 0 Å². The van der Waals surface area contributed by atoms with Gasteiger partial charge in [-0.2, -0.15) is 0 Å². The van der Waals surface area contributed by atoms with Gasteiger partial charge in [0.25, 0.3) is 0 Å². The molecule has 1 saturated carbocycles. The standard InChI is InChI=1S/C26H25FN5O2.3C4H9.Sn/c27-11-20-21(14-33-12-18-7-3-1-4-8-18)22(15-34-13-19-9-5-2-6-10-19)24(20)32-17-31-23-25(28)29-16-30-26(23)32;3*1-3-4-2;/h1-10,16-17,21-22,24H,12-15H2,(H2,28,29,30);3*1,3-4H2,2H3;/t21-,22+,24+;;;;/m0..../s1. The van der Waals surface area contributed by atoms with E-state index in [0.29, 0.717) is 43.4 Å². The number of nitrogens with zero attached hydrogens (tertiary/aromatic N) is 4. The minimum absolute atomic E-state index is 0.0173. The summed E-state index contributed by atoms with van der Waals surface area (Å²) in [6, 6.07) is 20.2. The Morgan fingerprint density at radius 3 is 1.89 bits per heavy atom. The van der Waals surface area contributed by atoms with Gasteiger partial charge in [-0.05, 0) is 0 Å². The Bertz CT molecular complexity index is 1540. The fourth-order valence-corrected chi connectivity index (χ4v) is 22.8. The van der Waals surface area contributed by atoms with Crippen molar-refractivity contribution in [1.82, 2.24) is 19.5 Å². The molecule has 252 valence electrons. The molecule has 3 atom stereocenters. The molecule has 0 bridgehead atoms. The van der Waals surface area contributed by atoms with Crippen LogP contribution in [-0.2, 0) is 22.7 Å². The fraction of sp³-hybridized carbons (Fsp3) is 0.500. The SMILES string of the molecule is CCC[CH2][Sn]([CH2]CCC)([CH2]CCC)/[C](F)=C1/[C@@H](n2cnc3c(N)ncnc32)[C@H](COCc2ccccc2)[C@H]1COCc1ccccc1. The number of fused-ring (bicyclic) bond motifs is 1. The molecule has 7 nitrogen and oxygen atoms in total. The zero-order valence-corrected chi connectivity index (χ0v) is 31.3. The van der Waals surface area contributed by atoms with E-state index in [4.69, 9.17) is 15.2 Å². The van der Waals surface area contributed by atoms with Crippen molar-refractivity contribution < 1.29 is 13.9 Å². The zero-order valence-electron chi connectivity index (χ0n) is 28.4. The van der Waals surface area contributed by atoms with E-state index in [2.05, 4.69) is 60.0 Å². The zero-order chi connectivity index (χ0) is 33.1. The number of hydrogen-bond donors (Lipinski definition) is 1. The molecule has 5 rings (SSSR count). The first kappa shape index (κ1) is 35.5. The average Bonchev–Trinajstić information content (AvgIpc) is 3.52. The van der Waals surface area contributed by atoms with E-state index >= 15 is 4.39 Å². The number of aromatic nitrogens is 4. The molecule has 2 aromatic heterocycles. The Morgan fingerprint density at radius 1 is 0.787 bits per heavy atom. The number of benzene rings is 2. The van der Waals surface area contributed by atoms with Crippen LogP contribution >= 0.6 is 0 Å². The van der Waals surface area contributed by atoms with E-state index in [9.17, 15) is 0 Å². The van der Waals surface area contributed by atoms with Gasteiger partial charge in [-0.1, -0.05) is 0 Å². The van der Waals surface area contributed by atoms with Crippen LogP contribution in [0.15, 0.2) is 82.7 Å². The van der Waals surface area contributed by atoms with Crippen molar-refractivity contribution in [2.24, 2.45) is 11.8 Å². The van der Waals surface area contributed by atoms with Crippen LogP contribution in [0.4, 0.5) is 10.2 Å². The van der Waals surface area contributed by atoms with Crippen molar-refractivity contribution in [3.05, 3.63) is 93.9 Å². The van der Waals surface area contributed by atoms with Crippen molar-refractivity contribution in [3.8, 4) is 0 Å². The van der Waals surface area contributed by atoms with Gasteiger partial charge in [0, 0.05) is 0 Å². The van der Waals surface area contributed by atoms with Crippen molar-refractivity contribution >= 4 is 35.4 Å². The predicted octanol–water partition coefficient (Wildman–Crippen LogP) is 9.24. The van der Waals surface area contributed by atoms with Crippen LogP contribution in [0.3, 0.4) is 0 Å². The second-order valence-corrected chi connectivity index (χ2v) is 26.0. The molecule has 0 unspecified atom stereocenters. The van der Waals surface area contributed by atoms with E-state index in [-0.39, 0.29) is 21.7 Å². The third-order valence-corrected chi connectivity index (χ3v) is 24.6. The van der Waals surface area contributed by atoms with E-state index in [1.165, 1.54) is 6.33 Å². The molecule has 4 aromatic rings. The van der Waals surface area contributed by atoms with Crippen molar-refractivity contribution in [3.63, 3.8) is 0 Å². The van der Waals surface area contributed by atoms with Crippen LogP contribution in [0.1, 0.15) is 76.5 Å². The Labute approximate surface area is 284 Å². The number of ether oxygens (including phenoxy) is 2. The molecule has 1 fully saturated rings. The number of hydrogen-bond acceptors (Lipinski definition) is 6. The summed E-state index contributed by atoms with van der Waals surface area (Å²) >= 11 is -3.46. The van der Waals surface area contributed by atoms with Crippen LogP contribution in [0.2, 0.25) is 13.3 Å². The molecule has 0 saturated heterocycles. The molecular formula is C38H52FN5O2Sn. The van der Waals surface area contributed by atoms with Crippen molar-refractivity contribution in [2.45, 2.75) is 91.9 Å². The second-order valence-electron chi connectivity index (χ2n) is 13.2. The molecule has 1 aliphatic rings. The van der Waals surface area contributed by atoms with Crippen LogP contribution in [0.5, 0.6) is 0 Å². The van der Waals surface area contributed by atoms with E-state index in [1.54, 1.807) is 6.33 Å². The number of nitrogen functional groups attached to an aromatic ring is 1. The molecule has 0 radical (unpaired) electrons. The van der Waals surface area contributed by atoms with E-state index < -0.39 is 18.4 Å². The van der Waals surface area contributed by atoms with Gasteiger partial charge in [0.2, 0.25) is 0 Å². The Hall–Kier alpha value is -2.82. The topological polar surface area (TPSA) is 88.1 Å².